The van der Waals surface area contributed by atoms with Crippen LogP contribution in [0, 0.1) is 5.82 Å². The molecule has 2 N–H and O–H groups in total. The summed E-state index contributed by atoms with van der Waals surface area (Å²) in [6.07, 6.45) is 0. The predicted molar refractivity (Wildman–Crippen MR) is 76.6 cm³/mol. The summed E-state index contributed by atoms with van der Waals surface area (Å²) in [4.78, 5) is 4.42. The summed E-state index contributed by atoms with van der Waals surface area (Å²) in [7, 11) is 0. The van der Waals surface area contributed by atoms with Gasteiger partial charge >= 0.3 is 0 Å². The van der Waals surface area contributed by atoms with Gasteiger partial charge in [-0.3, -0.25) is 0 Å². The second-order valence-electron chi connectivity index (χ2n) is 4.24. The summed E-state index contributed by atoms with van der Waals surface area (Å²) >= 11 is 6.01. The minimum atomic E-state index is -0.422. The lowest BCUT2D eigenvalue weighted by Crippen LogP contribution is -1.94. The molecule has 1 aromatic heterocycles. The first kappa shape index (κ1) is 11.9. The maximum atomic E-state index is 13.4. The van der Waals surface area contributed by atoms with Crippen LogP contribution in [0.15, 0.2) is 48.5 Å². The number of halogens is 2. The van der Waals surface area contributed by atoms with Gasteiger partial charge < -0.3 is 5.73 Å². The van der Waals surface area contributed by atoms with Gasteiger partial charge in [0.1, 0.15) is 5.82 Å². The van der Waals surface area contributed by atoms with Crippen molar-refractivity contribution in [1.82, 2.24) is 4.98 Å². The molecule has 0 saturated carbocycles. The largest absolute Gasteiger partial charge is 0.398 e. The molecule has 3 rings (SSSR count). The van der Waals surface area contributed by atoms with E-state index in [1.165, 1.54) is 12.1 Å². The quantitative estimate of drug-likeness (QED) is 0.718. The van der Waals surface area contributed by atoms with Crippen LogP contribution in [0.5, 0.6) is 0 Å². The van der Waals surface area contributed by atoms with E-state index in [0.717, 1.165) is 5.56 Å². The van der Waals surface area contributed by atoms with Crippen molar-refractivity contribution >= 4 is 28.2 Å². The molecule has 19 heavy (non-hydrogen) atoms. The average molecular weight is 273 g/mol. The first-order valence-electron chi connectivity index (χ1n) is 5.76. The molecule has 1 heterocycles. The molecule has 0 saturated heterocycles. The van der Waals surface area contributed by atoms with Gasteiger partial charge in [-0.15, -0.1) is 0 Å². The molecule has 0 unspecified atom stereocenters. The highest BCUT2D eigenvalue weighted by Gasteiger charge is 2.10. The molecule has 0 spiro atoms. The summed E-state index contributed by atoms with van der Waals surface area (Å²) in [5.74, 6) is -0.422. The first-order valence-corrected chi connectivity index (χ1v) is 6.13. The van der Waals surface area contributed by atoms with Gasteiger partial charge in [-0.2, -0.15) is 0 Å². The number of nitrogens with two attached hydrogens (primary N) is 1. The topological polar surface area (TPSA) is 38.9 Å². The molecule has 94 valence electrons. The van der Waals surface area contributed by atoms with Gasteiger partial charge in [0, 0.05) is 22.7 Å². The van der Waals surface area contributed by atoms with Crippen molar-refractivity contribution in [2.45, 2.75) is 0 Å². The standard InChI is InChI=1S/C15H10ClFN2/c16-11-6-10(17)7-14-15(11)12(18)8-13(19-14)9-4-2-1-3-5-9/h1-8H,(H2,18,19). The lowest BCUT2D eigenvalue weighted by Gasteiger charge is -2.08. The molecular formula is C15H10ClFN2. The van der Waals surface area contributed by atoms with Crippen molar-refractivity contribution in [2.24, 2.45) is 0 Å². The number of hydrogen-bond donors (Lipinski definition) is 1. The van der Waals surface area contributed by atoms with Crippen LogP contribution in [0.25, 0.3) is 22.2 Å². The number of hydrogen-bond acceptors (Lipinski definition) is 2. The van der Waals surface area contributed by atoms with Gasteiger partial charge in [0.2, 0.25) is 0 Å². The second kappa shape index (κ2) is 4.52. The monoisotopic (exact) mass is 272 g/mol. The van der Waals surface area contributed by atoms with Crippen molar-refractivity contribution in [1.29, 1.82) is 0 Å². The van der Waals surface area contributed by atoms with Gasteiger partial charge in [-0.1, -0.05) is 41.9 Å². The van der Waals surface area contributed by atoms with Crippen LogP contribution in [-0.2, 0) is 0 Å². The van der Waals surface area contributed by atoms with Crippen LogP contribution in [0.2, 0.25) is 5.02 Å². The number of aromatic nitrogens is 1. The fourth-order valence-electron chi connectivity index (χ4n) is 2.07. The van der Waals surface area contributed by atoms with Crippen LogP contribution in [0.1, 0.15) is 0 Å². The van der Waals surface area contributed by atoms with Gasteiger partial charge in [-0.05, 0) is 12.1 Å². The van der Waals surface area contributed by atoms with E-state index in [9.17, 15) is 4.39 Å². The average Bonchev–Trinajstić information content (AvgIpc) is 2.38. The summed E-state index contributed by atoms with van der Waals surface area (Å²) in [6, 6.07) is 13.9. The third kappa shape index (κ3) is 2.13. The maximum absolute atomic E-state index is 13.4. The molecule has 0 bridgehead atoms. The van der Waals surface area contributed by atoms with E-state index in [4.69, 9.17) is 17.3 Å². The SMILES string of the molecule is Nc1cc(-c2ccccc2)nc2cc(F)cc(Cl)c12. The van der Waals surface area contributed by atoms with E-state index in [2.05, 4.69) is 4.98 Å². The fourth-order valence-corrected chi connectivity index (χ4v) is 2.38. The first-order chi connectivity index (χ1) is 9.15. The second-order valence-corrected chi connectivity index (χ2v) is 4.65. The molecule has 0 amide bonds. The van der Waals surface area contributed by atoms with Crippen molar-refractivity contribution < 1.29 is 4.39 Å². The number of anilines is 1. The van der Waals surface area contributed by atoms with Gasteiger partial charge in [0.05, 0.1) is 16.2 Å². The lowest BCUT2D eigenvalue weighted by atomic mass is 10.1. The van der Waals surface area contributed by atoms with Crippen LogP contribution >= 0.6 is 11.6 Å². The number of nitrogen functional groups attached to an aromatic ring is 1. The van der Waals surface area contributed by atoms with Gasteiger partial charge in [-0.25, -0.2) is 9.37 Å². The van der Waals surface area contributed by atoms with Crippen molar-refractivity contribution in [3.8, 4) is 11.3 Å². The molecule has 3 aromatic rings. The van der Waals surface area contributed by atoms with Crippen molar-refractivity contribution in [2.75, 3.05) is 5.73 Å². The van der Waals surface area contributed by atoms with E-state index in [-0.39, 0.29) is 5.02 Å². The summed E-state index contributed by atoms with van der Waals surface area (Å²) in [5.41, 5.74) is 8.58. The van der Waals surface area contributed by atoms with E-state index in [1.807, 2.05) is 30.3 Å². The van der Waals surface area contributed by atoms with Crippen molar-refractivity contribution in [3.05, 3.63) is 59.4 Å². The molecule has 2 nitrogen and oxygen atoms in total. The number of rotatable bonds is 1. The molecular weight excluding hydrogens is 263 g/mol. The van der Waals surface area contributed by atoms with Gasteiger partial charge in [0.15, 0.2) is 0 Å². The fraction of sp³-hybridized carbons (Fsp3) is 0. The minimum absolute atomic E-state index is 0.277. The molecule has 0 atom stereocenters. The number of fused-ring (bicyclic) bond motifs is 1. The highest BCUT2D eigenvalue weighted by Crippen LogP contribution is 2.32. The molecule has 0 aliphatic heterocycles. The van der Waals surface area contributed by atoms with E-state index in [0.29, 0.717) is 22.3 Å². The van der Waals surface area contributed by atoms with E-state index < -0.39 is 5.82 Å². The molecule has 2 aromatic carbocycles. The third-order valence-electron chi connectivity index (χ3n) is 2.93. The van der Waals surface area contributed by atoms with Crippen LogP contribution in [0.3, 0.4) is 0 Å². The third-order valence-corrected chi connectivity index (χ3v) is 3.22. The zero-order valence-corrected chi connectivity index (χ0v) is 10.7. The summed E-state index contributed by atoms with van der Waals surface area (Å²) < 4.78 is 13.4. The highest BCUT2D eigenvalue weighted by molar-refractivity contribution is 6.36. The molecule has 0 fully saturated rings. The van der Waals surface area contributed by atoms with Crippen LogP contribution < -0.4 is 5.73 Å². The van der Waals surface area contributed by atoms with E-state index in [1.54, 1.807) is 6.07 Å². The van der Waals surface area contributed by atoms with Crippen LogP contribution in [-0.4, -0.2) is 4.98 Å². The lowest BCUT2D eigenvalue weighted by molar-refractivity contribution is 0.629. The Balaban J connectivity index is 2.31. The molecule has 4 heteroatoms. The summed E-state index contributed by atoms with van der Waals surface area (Å²) in [6.45, 7) is 0. The van der Waals surface area contributed by atoms with E-state index >= 15 is 0 Å². The Morgan fingerprint density at radius 3 is 2.53 bits per heavy atom. The molecule has 0 aliphatic rings. The van der Waals surface area contributed by atoms with Gasteiger partial charge in [0.25, 0.3) is 0 Å². The Morgan fingerprint density at radius 1 is 1.05 bits per heavy atom. The normalized spacial score (nSPS) is 10.8. The predicted octanol–water partition coefficient (Wildman–Crippen LogP) is 4.28. The molecule has 0 aliphatic carbocycles. The zero-order chi connectivity index (χ0) is 13.4. The Morgan fingerprint density at radius 2 is 1.79 bits per heavy atom. The molecule has 0 radical (unpaired) electrons. The number of nitrogens with zero attached hydrogens (tertiary/aromatic N) is 1. The Hall–Kier alpha value is -2.13. The zero-order valence-electron chi connectivity index (χ0n) is 9.90. The Kier molecular flexibility index (Phi) is 2.84. The Labute approximate surface area is 114 Å². The number of benzene rings is 2. The smallest absolute Gasteiger partial charge is 0.126 e. The summed E-state index contributed by atoms with van der Waals surface area (Å²) in [5, 5.41) is 0.863. The maximum Gasteiger partial charge on any atom is 0.126 e. The Bertz CT molecular complexity index is 757. The highest BCUT2D eigenvalue weighted by atomic mass is 35.5. The number of pyridine rings is 1. The van der Waals surface area contributed by atoms with Crippen molar-refractivity contribution in [3.63, 3.8) is 0 Å². The minimum Gasteiger partial charge on any atom is -0.398 e. The van der Waals surface area contributed by atoms with Crippen LogP contribution in [0.4, 0.5) is 10.1 Å².